The lowest BCUT2D eigenvalue weighted by Crippen LogP contribution is -2.50. The summed E-state index contributed by atoms with van der Waals surface area (Å²) in [5, 5.41) is 3.23. The molecule has 0 bridgehead atoms. The minimum atomic E-state index is -0.158. The first-order valence-corrected chi connectivity index (χ1v) is 7.19. The summed E-state index contributed by atoms with van der Waals surface area (Å²) in [6.45, 7) is 0.638. The van der Waals surface area contributed by atoms with E-state index >= 15 is 0 Å². The van der Waals surface area contributed by atoms with Crippen LogP contribution in [0.2, 0.25) is 5.15 Å². The first kappa shape index (κ1) is 15.1. The molecule has 5 nitrogen and oxygen atoms in total. The van der Waals surface area contributed by atoms with Crippen LogP contribution in [0.4, 0.5) is 5.82 Å². The van der Waals surface area contributed by atoms with Crippen molar-refractivity contribution in [3.63, 3.8) is 0 Å². The van der Waals surface area contributed by atoms with Crippen molar-refractivity contribution >= 4 is 23.3 Å². The van der Waals surface area contributed by atoms with Gasteiger partial charge < -0.3 is 16.0 Å². The van der Waals surface area contributed by atoms with Gasteiger partial charge in [-0.05, 0) is 39.1 Å². The van der Waals surface area contributed by atoms with Gasteiger partial charge in [0.15, 0.2) is 0 Å². The van der Waals surface area contributed by atoms with Crippen LogP contribution in [0.3, 0.4) is 0 Å². The van der Waals surface area contributed by atoms with Crippen LogP contribution in [-0.4, -0.2) is 42.0 Å². The van der Waals surface area contributed by atoms with Crippen molar-refractivity contribution in [2.45, 2.75) is 31.2 Å². The maximum Gasteiger partial charge on any atom is 0.251 e. The maximum atomic E-state index is 12.2. The van der Waals surface area contributed by atoms with Crippen LogP contribution in [-0.2, 0) is 0 Å². The number of nitrogens with two attached hydrogens (primary N) is 1. The molecule has 1 saturated carbocycles. The van der Waals surface area contributed by atoms with E-state index < -0.39 is 0 Å². The number of hydrogen-bond donors (Lipinski definition) is 2. The molecule has 0 spiro atoms. The van der Waals surface area contributed by atoms with E-state index in [2.05, 4.69) is 29.3 Å². The number of rotatable bonds is 4. The number of nitrogens with one attached hydrogen (secondary N) is 1. The minimum absolute atomic E-state index is 0.0675. The summed E-state index contributed by atoms with van der Waals surface area (Å²) in [4.78, 5) is 18.3. The molecule has 0 aromatic carbocycles. The van der Waals surface area contributed by atoms with E-state index in [9.17, 15) is 4.79 Å². The van der Waals surface area contributed by atoms with Crippen LogP contribution in [0.25, 0.3) is 0 Å². The van der Waals surface area contributed by atoms with Gasteiger partial charge in [-0.15, -0.1) is 0 Å². The summed E-state index contributed by atoms with van der Waals surface area (Å²) in [5.74, 6) is 0.0972. The third-order valence-electron chi connectivity index (χ3n) is 4.14. The molecule has 1 heterocycles. The quantitative estimate of drug-likeness (QED) is 0.833. The smallest absolute Gasteiger partial charge is 0.251 e. The van der Waals surface area contributed by atoms with Gasteiger partial charge in [-0.1, -0.05) is 24.4 Å². The van der Waals surface area contributed by atoms with Gasteiger partial charge >= 0.3 is 0 Å². The number of pyridine rings is 1. The molecule has 0 atom stereocenters. The second-order valence-corrected chi connectivity index (χ2v) is 6.00. The second-order valence-electron chi connectivity index (χ2n) is 5.61. The van der Waals surface area contributed by atoms with Crippen LogP contribution < -0.4 is 11.1 Å². The van der Waals surface area contributed by atoms with E-state index in [0.717, 1.165) is 12.8 Å². The summed E-state index contributed by atoms with van der Waals surface area (Å²) < 4.78 is 0. The van der Waals surface area contributed by atoms with E-state index in [0.29, 0.717) is 12.1 Å². The van der Waals surface area contributed by atoms with Crippen LogP contribution in [0.1, 0.15) is 36.0 Å². The zero-order valence-corrected chi connectivity index (χ0v) is 12.7. The molecule has 1 aromatic heterocycles. The fourth-order valence-corrected chi connectivity index (χ4v) is 3.03. The Labute approximate surface area is 124 Å². The van der Waals surface area contributed by atoms with Crippen molar-refractivity contribution in [1.29, 1.82) is 0 Å². The minimum Gasteiger partial charge on any atom is -0.384 e. The lowest BCUT2D eigenvalue weighted by atomic mass is 9.96. The van der Waals surface area contributed by atoms with E-state index in [-0.39, 0.29) is 22.4 Å². The molecular formula is C14H21ClN4O. The summed E-state index contributed by atoms with van der Waals surface area (Å²) in [6, 6.07) is 3.07. The van der Waals surface area contributed by atoms with Gasteiger partial charge in [0.25, 0.3) is 5.91 Å². The number of anilines is 1. The van der Waals surface area contributed by atoms with Crippen molar-refractivity contribution in [1.82, 2.24) is 15.2 Å². The van der Waals surface area contributed by atoms with Crippen molar-refractivity contribution in [3.8, 4) is 0 Å². The first-order valence-electron chi connectivity index (χ1n) is 6.82. The summed E-state index contributed by atoms with van der Waals surface area (Å²) in [5.41, 5.74) is 6.13. The third-order valence-corrected chi connectivity index (χ3v) is 4.33. The Balaban J connectivity index is 2.04. The lowest BCUT2D eigenvalue weighted by molar-refractivity contribution is 0.0900. The van der Waals surface area contributed by atoms with Crippen LogP contribution >= 0.6 is 11.6 Å². The zero-order chi connectivity index (χ0) is 14.8. The van der Waals surface area contributed by atoms with Crippen molar-refractivity contribution < 1.29 is 4.79 Å². The number of likely N-dealkylation sites (N-methyl/N-ethyl adjacent to an activating group) is 1. The van der Waals surface area contributed by atoms with Gasteiger partial charge in [0.1, 0.15) is 11.0 Å². The molecule has 1 aliphatic rings. The van der Waals surface area contributed by atoms with Crippen LogP contribution in [0.5, 0.6) is 0 Å². The molecule has 0 saturated heterocycles. The number of carbonyl (C=O) groups is 1. The van der Waals surface area contributed by atoms with Gasteiger partial charge in [-0.25, -0.2) is 4.98 Å². The molecule has 1 aliphatic carbocycles. The van der Waals surface area contributed by atoms with Gasteiger partial charge in [0, 0.05) is 17.6 Å². The molecule has 3 N–H and O–H groups in total. The molecule has 1 fully saturated rings. The fourth-order valence-electron chi connectivity index (χ4n) is 2.81. The van der Waals surface area contributed by atoms with E-state index in [1.54, 1.807) is 0 Å². The molecule has 110 valence electrons. The number of nitrogens with zero attached hydrogens (tertiary/aromatic N) is 2. The Morgan fingerprint density at radius 2 is 2.10 bits per heavy atom. The Hall–Kier alpha value is -1.33. The highest BCUT2D eigenvalue weighted by molar-refractivity contribution is 6.29. The van der Waals surface area contributed by atoms with Crippen molar-refractivity contribution in [2.75, 3.05) is 26.4 Å². The molecule has 0 aliphatic heterocycles. The number of carbonyl (C=O) groups excluding carboxylic acids is 1. The van der Waals surface area contributed by atoms with Gasteiger partial charge in [-0.2, -0.15) is 0 Å². The number of nitrogen functional groups attached to an aromatic ring is 1. The van der Waals surface area contributed by atoms with E-state index in [1.807, 2.05) is 0 Å². The van der Waals surface area contributed by atoms with Gasteiger partial charge in [0.05, 0.1) is 0 Å². The third kappa shape index (κ3) is 3.22. The highest BCUT2D eigenvalue weighted by atomic mass is 35.5. The predicted octanol–water partition coefficient (Wildman–Crippen LogP) is 1.92. The summed E-state index contributed by atoms with van der Waals surface area (Å²) >= 11 is 5.82. The second kappa shape index (κ2) is 5.97. The highest BCUT2D eigenvalue weighted by Gasteiger charge is 2.36. The predicted molar refractivity (Wildman–Crippen MR) is 80.9 cm³/mol. The van der Waals surface area contributed by atoms with Gasteiger partial charge in [-0.3, -0.25) is 4.79 Å². The molecule has 6 heteroatoms. The lowest BCUT2D eigenvalue weighted by Gasteiger charge is -2.36. The zero-order valence-electron chi connectivity index (χ0n) is 11.9. The van der Waals surface area contributed by atoms with Crippen molar-refractivity contribution in [3.05, 3.63) is 22.8 Å². The van der Waals surface area contributed by atoms with E-state index in [4.69, 9.17) is 17.3 Å². The number of hydrogen-bond acceptors (Lipinski definition) is 4. The first-order chi connectivity index (χ1) is 9.43. The Kier molecular flexibility index (Phi) is 4.50. The number of aromatic nitrogens is 1. The van der Waals surface area contributed by atoms with Crippen LogP contribution in [0, 0.1) is 0 Å². The van der Waals surface area contributed by atoms with Crippen molar-refractivity contribution in [2.24, 2.45) is 0 Å². The molecule has 2 rings (SSSR count). The standard InChI is InChI=1S/C14H21ClN4O/c1-19(2)14(5-3-4-6-14)9-17-13(20)10-7-11(15)18-12(16)8-10/h7-8H,3-6,9H2,1-2H3,(H2,16,18)(H,17,20). The molecular weight excluding hydrogens is 276 g/mol. The molecule has 0 radical (unpaired) electrons. The Morgan fingerprint density at radius 1 is 1.45 bits per heavy atom. The number of amides is 1. The highest BCUT2D eigenvalue weighted by Crippen LogP contribution is 2.33. The molecule has 1 amide bonds. The summed E-state index contributed by atoms with van der Waals surface area (Å²) in [7, 11) is 4.14. The fraction of sp³-hybridized carbons (Fsp3) is 0.571. The average Bonchev–Trinajstić information content (AvgIpc) is 2.84. The largest absolute Gasteiger partial charge is 0.384 e. The normalized spacial score (nSPS) is 17.4. The Morgan fingerprint density at radius 3 is 2.65 bits per heavy atom. The molecule has 1 aromatic rings. The van der Waals surface area contributed by atoms with Crippen LogP contribution in [0.15, 0.2) is 12.1 Å². The SMILES string of the molecule is CN(C)C1(CNC(=O)c2cc(N)nc(Cl)c2)CCCC1. The molecule has 0 unspecified atom stereocenters. The topological polar surface area (TPSA) is 71.2 Å². The molecule has 20 heavy (non-hydrogen) atoms. The van der Waals surface area contributed by atoms with E-state index in [1.165, 1.54) is 25.0 Å². The summed E-state index contributed by atoms with van der Waals surface area (Å²) in [6.07, 6.45) is 4.64. The van der Waals surface area contributed by atoms with Gasteiger partial charge in [0.2, 0.25) is 0 Å². The number of halogens is 1. The Bertz CT molecular complexity index is 478. The monoisotopic (exact) mass is 296 g/mol. The average molecular weight is 297 g/mol. The maximum absolute atomic E-state index is 12.2.